The van der Waals surface area contributed by atoms with E-state index in [1.165, 1.54) is 13.5 Å². The van der Waals surface area contributed by atoms with E-state index >= 15 is 0 Å². The van der Waals surface area contributed by atoms with Gasteiger partial charge in [0.25, 0.3) is 0 Å². The summed E-state index contributed by atoms with van der Waals surface area (Å²) in [4.78, 5) is 16.7. The molecule has 1 aliphatic heterocycles. The number of ether oxygens (including phenoxy) is 1. The lowest BCUT2D eigenvalue weighted by Crippen LogP contribution is -2.53. The molecule has 0 aromatic carbocycles. The fourth-order valence-electron chi connectivity index (χ4n) is 2.94. The van der Waals surface area contributed by atoms with E-state index in [9.17, 15) is 4.79 Å². The topological polar surface area (TPSA) is 32.8 Å². The summed E-state index contributed by atoms with van der Waals surface area (Å²) in [7, 11) is 1.51. The van der Waals surface area contributed by atoms with Crippen LogP contribution in [0, 0.1) is 5.41 Å². The molecule has 0 radical (unpaired) electrons. The van der Waals surface area contributed by atoms with Gasteiger partial charge in [0.15, 0.2) is 0 Å². The van der Waals surface area contributed by atoms with Crippen LogP contribution in [0.15, 0.2) is 0 Å². The lowest BCUT2D eigenvalue weighted by Gasteiger charge is -2.44. The Morgan fingerprint density at radius 3 is 2.18 bits per heavy atom. The summed E-state index contributed by atoms with van der Waals surface area (Å²) >= 11 is 0. The van der Waals surface area contributed by atoms with Gasteiger partial charge in [-0.25, -0.2) is 0 Å². The normalized spacial score (nSPS) is 25.3. The molecular formula is C13H24N2O2. The highest BCUT2D eigenvalue weighted by Gasteiger charge is 2.46. The lowest BCUT2D eigenvalue weighted by atomic mass is 9.68. The van der Waals surface area contributed by atoms with Crippen LogP contribution in [0.3, 0.4) is 0 Å². The van der Waals surface area contributed by atoms with Gasteiger partial charge >= 0.3 is 5.97 Å². The number of esters is 1. The van der Waals surface area contributed by atoms with Gasteiger partial charge in [0.05, 0.1) is 12.5 Å². The van der Waals surface area contributed by atoms with Gasteiger partial charge in [-0.3, -0.25) is 9.69 Å². The van der Waals surface area contributed by atoms with Crippen molar-refractivity contribution in [3.63, 3.8) is 0 Å². The van der Waals surface area contributed by atoms with E-state index in [4.69, 9.17) is 4.74 Å². The molecule has 2 fully saturated rings. The maximum absolute atomic E-state index is 11.9. The average Bonchev–Trinajstić information content (AvgIpc) is 2.33. The quantitative estimate of drug-likeness (QED) is 0.685. The smallest absolute Gasteiger partial charge is 0.313 e. The predicted molar refractivity (Wildman–Crippen MR) is 66.9 cm³/mol. The largest absolute Gasteiger partial charge is 0.469 e. The maximum atomic E-state index is 11.9. The Kier molecular flexibility index (Phi) is 4.05. The minimum absolute atomic E-state index is 0.00155. The van der Waals surface area contributed by atoms with Crippen LogP contribution < -0.4 is 0 Å². The van der Waals surface area contributed by atoms with E-state index in [-0.39, 0.29) is 11.4 Å². The van der Waals surface area contributed by atoms with Crippen molar-refractivity contribution in [1.29, 1.82) is 0 Å². The van der Waals surface area contributed by atoms with Crippen LogP contribution in [0.2, 0.25) is 0 Å². The molecule has 0 aromatic heterocycles. The van der Waals surface area contributed by atoms with Crippen LogP contribution >= 0.6 is 0 Å². The summed E-state index contributed by atoms with van der Waals surface area (Å²) in [6.07, 6.45) is 3.19. The maximum Gasteiger partial charge on any atom is 0.313 e. The zero-order valence-corrected chi connectivity index (χ0v) is 11.1. The van der Waals surface area contributed by atoms with Crippen molar-refractivity contribution in [2.75, 3.05) is 46.4 Å². The Morgan fingerprint density at radius 2 is 1.76 bits per heavy atom. The molecule has 0 unspecified atom stereocenters. The second kappa shape index (κ2) is 5.36. The van der Waals surface area contributed by atoms with Crippen molar-refractivity contribution < 1.29 is 9.53 Å². The summed E-state index contributed by atoms with van der Waals surface area (Å²) in [5, 5.41) is 0. The summed E-state index contributed by atoms with van der Waals surface area (Å²) in [6, 6.07) is 0. The zero-order valence-electron chi connectivity index (χ0n) is 11.1. The number of rotatable bonds is 4. The number of hydrogen-bond donors (Lipinski definition) is 0. The highest BCUT2D eigenvalue weighted by Crippen LogP contribution is 2.42. The second-order valence-corrected chi connectivity index (χ2v) is 5.34. The van der Waals surface area contributed by atoms with Crippen molar-refractivity contribution in [3.05, 3.63) is 0 Å². The van der Waals surface area contributed by atoms with E-state index in [1.54, 1.807) is 0 Å². The first-order valence-corrected chi connectivity index (χ1v) is 6.73. The van der Waals surface area contributed by atoms with Gasteiger partial charge in [0.1, 0.15) is 0 Å². The standard InChI is InChI=1S/C13H24N2O2/c1-3-14-7-9-15(10-8-14)11-13(5-4-6-13)12(16)17-2/h3-11H2,1-2H3. The molecule has 1 saturated heterocycles. The number of methoxy groups -OCH3 is 1. The summed E-state index contributed by atoms with van der Waals surface area (Å²) in [5.74, 6) is 0.00155. The Bertz CT molecular complexity index is 269. The van der Waals surface area contributed by atoms with E-state index in [0.29, 0.717) is 0 Å². The van der Waals surface area contributed by atoms with Crippen LogP contribution in [0.1, 0.15) is 26.2 Å². The van der Waals surface area contributed by atoms with Crippen molar-refractivity contribution in [3.8, 4) is 0 Å². The molecule has 1 saturated carbocycles. The zero-order chi connectivity index (χ0) is 12.3. The monoisotopic (exact) mass is 240 g/mol. The van der Waals surface area contributed by atoms with Gasteiger partial charge in [-0.15, -0.1) is 0 Å². The third kappa shape index (κ3) is 2.63. The SMILES string of the molecule is CCN1CCN(CC2(C(=O)OC)CCC2)CC1. The van der Waals surface area contributed by atoms with Gasteiger partial charge in [0, 0.05) is 32.7 Å². The molecular weight excluding hydrogens is 216 g/mol. The highest BCUT2D eigenvalue weighted by molar-refractivity contribution is 5.78. The molecule has 0 N–H and O–H groups in total. The number of hydrogen-bond acceptors (Lipinski definition) is 4. The number of nitrogens with zero attached hydrogens (tertiary/aromatic N) is 2. The average molecular weight is 240 g/mol. The summed E-state index contributed by atoms with van der Waals surface area (Å²) in [6.45, 7) is 8.69. The van der Waals surface area contributed by atoms with Crippen LogP contribution in [0.5, 0.6) is 0 Å². The first kappa shape index (κ1) is 12.8. The van der Waals surface area contributed by atoms with Crippen LogP contribution in [-0.2, 0) is 9.53 Å². The van der Waals surface area contributed by atoms with Crippen LogP contribution in [0.4, 0.5) is 0 Å². The number of carbonyl (C=O) groups excluding carboxylic acids is 1. The fourth-order valence-corrected chi connectivity index (χ4v) is 2.94. The molecule has 0 aromatic rings. The van der Waals surface area contributed by atoms with Crippen molar-refractivity contribution in [2.24, 2.45) is 5.41 Å². The molecule has 2 rings (SSSR count). The molecule has 2 aliphatic rings. The van der Waals surface area contributed by atoms with E-state index in [1.807, 2.05) is 0 Å². The van der Waals surface area contributed by atoms with E-state index in [2.05, 4.69) is 16.7 Å². The van der Waals surface area contributed by atoms with Crippen molar-refractivity contribution in [1.82, 2.24) is 9.80 Å². The van der Waals surface area contributed by atoms with Gasteiger partial charge in [-0.1, -0.05) is 13.3 Å². The first-order chi connectivity index (χ1) is 8.20. The van der Waals surface area contributed by atoms with Gasteiger partial charge < -0.3 is 9.64 Å². The Balaban J connectivity index is 1.86. The fraction of sp³-hybridized carbons (Fsp3) is 0.923. The van der Waals surface area contributed by atoms with Gasteiger partial charge in [0.2, 0.25) is 0 Å². The van der Waals surface area contributed by atoms with E-state index < -0.39 is 0 Å². The van der Waals surface area contributed by atoms with Gasteiger partial charge in [-0.2, -0.15) is 0 Å². The number of piperazine rings is 1. The molecule has 17 heavy (non-hydrogen) atoms. The minimum atomic E-state index is -0.177. The Morgan fingerprint density at radius 1 is 1.18 bits per heavy atom. The van der Waals surface area contributed by atoms with Crippen molar-refractivity contribution >= 4 is 5.97 Å². The number of carbonyl (C=O) groups is 1. The lowest BCUT2D eigenvalue weighted by molar-refractivity contribution is -0.160. The van der Waals surface area contributed by atoms with Gasteiger partial charge in [-0.05, 0) is 19.4 Å². The summed E-state index contributed by atoms with van der Waals surface area (Å²) < 4.78 is 4.97. The Hall–Kier alpha value is -0.610. The molecule has 98 valence electrons. The summed E-state index contributed by atoms with van der Waals surface area (Å²) in [5.41, 5.74) is -0.177. The highest BCUT2D eigenvalue weighted by atomic mass is 16.5. The van der Waals surface area contributed by atoms with Crippen molar-refractivity contribution in [2.45, 2.75) is 26.2 Å². The third-order valence-electron chi connectivity index (χ3n) is 4.37. The molecule has 0 amide bonds. The minimum Gasteiger partial charge on any atom is -0.469 e. The molecule has 0 atom stereocenters. The van der Waals surface area contributed by atoms with Crippen LogP contribution in [-0.4, -0.2) is 62.1 Å². The first-order valence-electron chi connectivity index (χ1n) is 6.73. The predicted octanol–water partition coefficient (Wildman–Crippen LogP) is 0.967. The Labute approximate surface area is 104 Å². The molecule has 1 aliphatic carbocycles. The third-order valence-corrected chi connectivity index (χ3v) is 4.37. The molecule has 0 spiro atoms. The molecule has 4 heteroatoms. The van der Waals surface area contributed by atoms with E-state index in [0.717, 1.165) is 52.1 Å². The molecule has 0 bridgehead atoms. The van der Waals surface area contributed by atoms with Crippen LogP contribution in [0.25, 0.3) is 0 Å². The second-order valence-electron chi connectivity index (χ2n) is 5.34. The number of likely N-dealkylation sites (N-methyl/N-ethyl adjacent to an activating group) is 1. The molecule has 4 nitrogen and oxygen atoms in total. The molecule has 1 heterocycles.